The largest absolute Gasteiger partial charge is 0.420 e. The number of hydrogen-bond donors (Lipinski definition) is 4. The van der Waals surface area contributed by atoms with Crippen LogP contribution in [0.25, 0.3) is 0 Å². The quantitative estimate of drug-likeness (QED) is 0.0135. The van der Waals surface area contributed by atoms with Gasteiger partial charge in [-0.3, -0.25) is 52.8 Å². The molecule has 0 radical (unpaired) electrons. The Labute approximate surface area is 629 Å². The molecule has 23 nitrogen and oxygen atoms in total. The number of urea groups is 1. The lowest BCUT2D eigenvalue weighted by atomic mass is 9.80. The molecule has 3 aromatic carbocycles. The maximum Gasteiger partial charge on any atom is 0.317 e. The maximum atomic E-state index is 14.7. The minimum atomic E-state index is -1.86. The molecule has 0 aromatic heterocycles. The van der Waals surface area contributed by atoms with E-state index in [2.05, 4.69) is 16.0 Å². The Bertz CT molecular complexity index is 3520. The number of nitrogens with zero attached hydrogens (tertiary/aromatic N) is 5. The fourth-order valence-electron chi connectivity index (χ4n) is 15.0. The van der Waals surface area contributed by atoms with Crippen LogP contribution < -0.4 is 26.4 Å². The van der Waals surface area contributed by atoms with Gasteiger partial charge in [0.2, 0.25) is 52.8 Å². The minimum Gasteiger partial charge on any atom is -0.420 e. The van der Waals surface area contributed by atoms with Gasteiger partial charge in [0, 0.05) is 128 Å². The zero-order valence-corrected chi connectivity index (χ0v) is 65.8. The van der Waals surface area contributed by atoms with Crippen molar-refractivity contribution >= 4 is 70.5 Å². The molecule has 594 valence electrons. The number of ether oxygens (including phenoxy) is 3. The van der Waals surface area contributed by atoms with Crippen LogP contribution in [0.5, 0.6) is 5.75 Å². The van der Waals surface area contributed by atoms with Crippen molar-refractivity contribution in [3.63, 3.8) is 0 Å². The van der Waals surface area contributed by atoms with Crippen LogP contribution in [-0.4, -0.2) is 194 Å². The highest BCUT2D eigenvalue weighted by Crippen LogP contribution is 2.38. The summed E-state index contributed by atoms with van der Waals surface area (Å²) in [5.41, 5.74) is 4.89. The van der Waals surface area contributed by atoms with Gasteiger partial charge in [0.05, 0.1) is 48.2 Å². The summed E-state index contributed by atoms with van der Waals surface area (Å²) in [5, 5.41) is 8.08. The number of likely N-dealkylation sites (tertiary alicyclic amines) is 2. The summed E-state index contributed by atoms with van der Waals surface area (Å²) in [6.45, 7) is 20.0. The third kappa shape index (κ3) is 24.4. The van der Waals surface area contributed by atoms with Crippen molar-refractivity contribution < 1.29 is 84.5 Å². The SMILES string of the molecule is CC[C@H](C)[C@@H]([C@@H](CC(=O)N1CCC[C@H]1[C@H](OC)[C@@H](C)C(=O)C[C@@H](Cc1ccccc1)C(=O)N(C)Cc1ccc(NC(=O)[C@H](CCCNC(N)=O)CC(=O)[C@@H](NC(=O)CCC(=O)N2CCC(C)(C(=O)Oc3c(F)c(F)c(C)c(F)c3F)CC2)C(C)C)cc1)OC)N(C)C(=O)[C@@H](CC(=O)[C@H](C(C)C)N(C)C)C(C)C. The number of amides is 8. The monoisotopic (exact) mass is 1500 g/mol. The van der Waals surface area contributed by atoms with Gasteiger partial charge in [-0.25, -0.2) is 13.6 Å². The van der Waals surface area contributed by atoms with Crippen molar-refractivity contribution in [2.24, 2.45) is 58.5 Å². The molecular formula is C80H117F4N9O14. The van der Waals surface area contributed by atoms with Crippen LogP contribution in [0, 0.1) is 83.0 Å². The number of benzene rings is 3. The number of carbonyl (C=O) groups excluding carboxylic acids is 11. The molecule has 107 heavy (non-hydrogen) atoms. The van der Waals surface area contributed by atoms with Gasteiger partial charge in [-0.05, 0) is 120 Å². The number of anilines is 1. The number of likely N-dealkylation sites (N-methyl/N-ethyl adjacent to an activating group) is 2. The van der Waals surface area contributed by atoms with Crippen LogP contribution in [0.15, 0.2) is 54.6 Å². The average molecular weight is 1500 g/mol. The Morgan fingerprint density at radius 1 is 0.682 bits per heavy atom. The van der Waals surface area contributed by atoms with E-state index in [4.69, 9.17) is 19.9 Å². The van der Waals surface area contributed by atoms with Gasteiger partial charge in [0.15, 0.2) is 23.2 Å². The summed E-state index contributed by atoms with van der Waals surface area (Å²) in [5.74, 6) is -16.5. The van der Waals surface area contributed by atoms with Crippen molar-refractivity contribution in [3.05, 3.63) is 94.6 Å². The number of carbonyl (C=O) groups is 11. The molecule has 2 heterocycles. The second kappa shape index (κ2) is 41.4. The smallest absolute Gasteiger partial charge is 0.317 e. The first kappa shape index (κ1) is 89.5. The van der Waals surface area contributed by atoms with E-state index in [1.54, 1.807) is 80.9 Å². The molecular weight excluding hydrogens is 1390 g/mol. The van der Waals surface area contributed by atoms with E-state index in [1.807, 2.05) is 90.9 Å². The Kier molecular flexibility index (Phi) is 34.6. The van der Waals surface area contributed by atoms with Gasteiger partial charge in [0.1, 0.15) is 5.78 Å². The van der Waals surface area contributed by atoms with Crippen LogP contribution in [0.2, 0.25) is 0 Å². The second-order valence-corrected chi connectivity index (χ2v) is 30.8. The Balaban J connectivity index is 1.22. The maximum absolute atomic E-state index is 14.7. The number of piperidine rings is 1. The molecule has 0 unspecified atom stereocenters. The molecule has 5 rings (SSSR count). The Hall–Kier alpha value is -8.17. The van der Waals surface area contributed by atoms with Crippen molar-refractivity contribution in [1.82, 2.24) is 35.1 Å². The lowest BCUT2D eigenvalue weighted by molar-refractivity contribution is -0.151. The Morgan fingerprint density at radius 2 is 1.29 bits per heavy atom. The van der Waals surface area contributed by atoms with Crippen molar-refractivity contribution in [2.45, 2.75) is 209 Å². The first-order chi connectivity index (χ1) is 50.3. The van der Waals surface area contributed by atoms with Gasteiger partial charge >= 0.3 is 12.0 Å². The topological polar surface area (TPSA) is 294 Å². The fourth-order valence-corrected chi connectivity index (χ4v) is 15.0. The number of halogens is 4. The highest BCUT2D eigenvalue weighted by Gasteiger charge is 2.46. The van der Waals surface area contributed by atoms with E-state index in [0.29, 0.717) is 37.1 Å². The zero-order valence-electron chi connectivity index (χ0n) is 65.8. The van der Waals surface area contributed by atoms with Crippen molar-refractivity contribution in [3.8, 4) is 5.75 Å². The predicted molar refractivity (Wildman–Crippen MR) is 398 cm³/mol. The molecule has 8 amide bonds. The van der Waals surface area contributed by atoms with Crippen LogP contribution >= 0.6 is 0 Å². The summed E-state index contributed by atoms with van der Waals surface area (Å²) >= 11 is 0. The summed E-state index contributed by atoms with van der Waals surface area (Å²) in [6.07, 6.45) is -0.0378. The molecule has 2 fully saturated rings. The number of primary amides is 1. The molecule has 0 saturated carbocycles. The van der Waals surface area contributed by atoms with E-state index in [9.17, 15) is 70.3 Å². The molecule has 2 saturated heterocycles. The first-order valence-electron chi connectivity index (χ1n) is 37.5. The highest BCUT2D eigenvalue weighted by molar-refractivity contribution is 5.98. The molecule has 3 aromatic rings. The van der Waals surface area contributed by atoms with Gasteiger partial charge in [0.25, 0.3) is 0 Å². The number of nitrogens with two attached hydrogens (primary N) is 1. The molecule has 11 atom stereocenters. The normalized spacial score (nSPS) is 17.3. The average Bonchev–Trinajstić information content (AvgIpc) is 0.806. The van der Waals surface area contributed by atoms with Crippen LogP contribution in [0.3, 0.4) is 0 Å². The number of hydrogen-bond acceptors (Lipinski definition) is 15. The zero-order chi connectivity index (χ0) is 80.1. The Morgan fingerprint density at radius 3 is 1.83 bits per heavy atom. The summed E-state index contributed by atoms with van der Waals surface area (Å²) in [4.78, 5) is 161. The summed E-state index contributed by atoms with van der Waals surface area (Å²) in [7, 11) is 10.2. The second-order valence-electron chi connectivity index (χ2n) is 30.8. The van der Waals surface area contributed by atoms with Crippen LogP contribution in [-0.2, 0) is 70.4 Å². The first-order valence-corrected chi connectivity index (χ1v) is 37.5. The summed E-state index contributed by atoms with van der Waals surface area (Å²) < 4.78 is 74.7. The van der Waals surface area contributed by atoms with E-state index in [0.717, 1.165) is 12.5 Å². The molecule has 0 spiro atoms. The van der Waals surface area contributed by atoms with Crippen molar-refractivity contribution in [2.75, 3.05) is 73.9 Å². The lowest BCUT2D eigenvalue weighted by Crippen LogP contribution is -2.54. The fraction of sp³-hybridized carbons (Fsp3) is 0.637. The molecule has 5 N–H and O–H groups in total. The van der Waals surface area contributed by atoms with Crippen molar-refractivity contribution in [1.29, 1.82) is 0 Å². The molecule has 27 heteroatoms. The number of esters is 1. The third-order valence-corrected chi connectivity index (χ3v) is 21.6. The number of rotatable bonds is 41. The number of nitrogens with one attached hydrogen (secondary N) is 3. The molecule has 0 bridgehead atoms. The van der Waals surface area contributed by atoms with Crippen LogP contribution in [0.1, 0.15) is 169 Å². The molecule has 0 aliphatic carbocycles. The number of Topliss-reactive ketones (excluding diaryl/α,β-unsaturated/α-hetero) is 3. The van der Waals surface area contributed by atoms with Gasteiger partial charge in [-0.15, -0.1) is 0 Å². The number of methoxy groups -OCH3 is 2. The number of ketones is 3. The van der Waals surface area contributed by atoms with Crippen LogP contribution in [0.4, 0.5) is 28.0 Å². The minimum absolute atomic E-state index is 0.000678. The standard InChI is InChI=1S/C80H117F4N9O14/c1-18-49(8)72(91(15)77(102)57(46(2)3)43-61(96)71(48(6)7)89(12)13)62(105-16)44-65(99)93-37-23-27-58(93)73(106-17)50(9)59(94)42-55(40-52-24-20-19-21-25-52)76(101)90(14)45-53-28-30-56(31-29-53)87-75(100)54(26-22-36-86-79(85)104)41-60(95)70(47(4)5)88-63(97)32-33-64(98)92-38-34-80(11,35-39-92)78(103)107-74-68(83)66(81)51(10)67(82)69(74)84/h19-21,24-25,28-31,46-50,54-55,57-58,62,70-73H,18,22-23,26-27,32-45H2,1-17H3,(H,87,100)(H,88,97)(H3,85,86,104)/t49-,50-,54+,55+,57-,58-,62+,70-,71-,72-,73+/m0/s1. The van der Waals surface area contributed by atoms with E-state index < -0.39 is 135 Å². The molecule has 2 aliphatic heterocycles. The highest BCUT2D eigenvalue weighted by atomic mass is 19.2. The summed E-state index contributed by atoms with van der Waals surface area (Å²) in [6, 6.07) is 12.9. The predicted octanol–water partition coefficient (Wildman–Crippen LogP) is 10.2. The third-order valence-electron chi connectivity index (χ3n) is 21.6. The van der Waals surface area contributed by atoms with Gasteiger partial charge in [-0.1, -0.05) is 111 Å². The van der Waals surface area contributed by atoms with E-state index >= 15 is 0 Å². The molecule has 2 aliphatic rings. The lowest BCUT2D eigenvalue weighted by Gasteiger charge is -2.41. The van der Waals surface area contributed by atoms with Gasteiger partial charge < -0.3 is 55.5 Å². The van der Waals surface area contributed by atoms with E-state index in [1.165, 1.54) is 18.9 Å². The van der Waals surface area contributed by atoms with Gasteiger partial charge in [-0.2, -0.15) is 8.78 Å². The van der Waals surface area contributed by atoms with E-state index in [-0.39, 0.29) is 150 Å².